The third-order valence-corrected chi connectivity index (χ3v) is 5.73. The van der Waals surface area contributed by atoms with Crippen LogP contribution in [-0.2, 0) is 25.0 Å². The molecule has 1 amide bonds. The molecule has 0 saturated carbocycles. The Morgan fingerprint density at radius 3 is 2.09 bits per heavy atom. The average molecular weight is 488 g/mol. The summed E-state index contributed by atoms with van der Waals surface area (Å²) in [5.74, 6) is -1.44. The van der Waals surface area contributed by atoms with Crippen LogP contribution in [0.3, 0.4) is 0 Å². The first-order chi connectivity index (χ1) is 14.4. The van der Waals surface area contributed by atoms with Gasteiger partial charge in [-0.1, -0.05) is 18.2 Å². The van der Waals surface area contributed by atoms with E-state index in [-0.39, 0.29) is 46.0 Å². The van der Waals surface area contributed by atoms with Crippen molar-refractivity contribution in [2.75, 3.05) is 5.32 Å². The van der Waals surface area contributed by atoms with Crippen molar-refractivity contribution < 1.29 is 35.8 Å². The fraction of sp³-hybridized carbons (Fsp3) is 0.0556. The zero-order valence-electron chi connectivity index (χ0n) is 16.7. The normalized spacial score (nSPS) is 12.0. The molecule has 3 aromatic carbocycles. The van der Waals surface area contributed by atoms with Crippen molar-refractivity contribution >= 4 is 83.5 Å². The summed E-state index contributed by atoms with van der Waals surface area (Å²) in [5.41, 5.74) is -0.565. The van der Waals surface area contributed by atoms with Gasteiger partial charge < -0.3 is 10.4 Å². The van der Waals surface area contributed by atoms with Crippen molar-refractivity contribution in [1.29, 1.82) is 0 Å². The van der Waals surface area contributed by atoms with Crippen LogP contribution < -0.4 is 5.32 Å². The van der Waals surface area contributed by atoms with Gasteiger partial charge in [-0.15, -0.1) is 5.11 Å². The fourth-order valence-corrected chi connectivity index (χ4v) is 3.99. The first-order valence-electron chi connectivity index (χ1n) is 8.41. The average Bonchev–Trinajstić information content (AvgIpc) is 2.65. The number of carbonyl (C=O) groups excluding carboxylic acids is 1. The maximum absolute atomic E-state index is 11.9. The van der Waals surface area contributed by atoms with Crippen LogP contribution >= 0.6 is 0 Å². The van der Waals surface area contributed by atoms with Crippen LogP contribution in [-0.4, -0.2) is 66.5 Å². The van der Waals surface area contributed by atoms with E-state index >= 15 is 0 Å². The molecule has 0 aliphatic rings. The topological polar surface area (TPSA) is 183 Å². The van der Waals surface area contributed by atoms with Gasteiger partial charge in [0.15, 0.2) is 5.75 Å². The summed E-state index contributed by atoms with van der Waals surface area (Å²) < 4.78 is 66.0. The molecule has 0 heterocycles. The van der Waals surface area contributed by atoms with Gasteiger partial charge in [0, 0.05) is 41.9 Å². The summed E-state index contributed by atoms with van der Waals surface area (Å²) in [4.78, 5) is 10.0. The van der Waals surface area contributed by atoms with E-state index in [1.807, 2.05) is 0 Å². The van der Waals surface area contributed by atoms with Crippen LogP contribution in [0.15, 0.2) is 68.6 Å². The molecule has 0 aliphatic heterocycles. The van der Waals surface area contributed by atoms with E-state index in [2.05, 4.69) is 15.5 Å². The fourth-order valence-electron chi connectivity index (χ4n) is 2.79. The molecule has 0 fully saturated rings. The maximum Gasteiger partial charge on any atom is 0.296 e. The molecule has 0 aromatic heterocycles. The van der Waals surface area contributed by atoms with Crippen LogP contribution in [0.25, 0.3) is 10.8 Å². The molecule has 0 saturated heterocycles. The molecular formula is C18H15N3NaO8S2. The van der Waals surface area contributed by atoms with Crippen molar-refractivity contribution in [3.63, 3.8) is 0 Å². The Bertz CT molecular complexity index is 1440. The number of carbonyl (C=O) groups is 1. The van der Waals surface area contributed by atoms with Gasteiger partial charge in [-0.3, -0.25) is 13.9 Å². The molecule has 11 nitrogen and oxygen atoms in total. The van der Waals surface area contributed by atoms with E-state index < -0.39 is 47.4 Å². The summed E-state index contributed by atoms with van der Waals surface area (Å²) in [6.45, 7) is 1.12. The summed E-state index contributed by atoms with van der Waals surface area (Å²) in [6, 6.07) is 10.7. The summed E-state index contributed by atoms with van der Waals surface area (Å²) in [5, 5.41) is 20.2. The molecule has 3 rings (SSSR count). The Kier molecular flexibility index (Phi) is 7.78. The Hall–Kier alpha value is -2.39. The van der Waals surface area contributed by atoms with Crippen LogP contribution in [0.5, 0.6) is 5.75 Å². The number of hydrogen-bond donors (Lipinski definition) is 4. The van der Waals surface area contributed by atoms with Crippen molar-refractivity contribution in [2.45, 2.75) is 16.7 Å². The zero-order valence-corrected chi connectivity index (χ0v) is 20.3. The molecular weight excluding hydrogens is 473 g/mol. The van der Waals surface area contributed by atoms with Crippen LogP contribution in [0.4, 0.5) is 17.1 Å². The number of amides is 1. The molecule has 0 spiro atoms. The van der Waals surface area contributed by atoms with Gasteiger partial charge in [-0.2, -0.15) is 21.9 Å². The first-order valence-corrected chi connectivity index (χ1v) is 11.3. The van der Waals surface area contributed by atoms with Crippen molar-refractivity contribution in [3.8, 4) is 5.75 Å². The third-order valence-electron chi connectivity index (χ3n) is 4.03. The second-order valence-corrected chi connectivity index (χ2v) is 9.12. The van der Waals surface area contributed by atoms with Gasteiger partial charge in [-0.25, -0.2) is 0 Å². The van der Waals surface area contributed by atoms with Crippen molar-refractivity contribution in [3.05, 3.63) is 48.5 Å². The van der Waals surface area contributed by atoms with E-state index in [1.165, 1.54) is 0 Å². The number of aromatic hydroxyl groups is 1. The smallest absolute Gasteiger partial charge is 0.296 e. The number of fused-ring (bicyclic) bond motifs is 1. The predicted molar refractivity (Wildman–Crippen MR) is 116 cm³/mol. The molecule has 1 radical (unpaired) electrons. The van der Waals surface area contributed by atoms with Crippen LogP contribution in [0.1, 0.15) is 6.92 Å². The summed E-state index contributed by atoms with van der Waals surface area (Å²) in [7, 11) is -9.71. The third kappa shape index (κ3) is 5.69. The second kappa shape index (κ2) is 9.62. The standard InChI is InChI=1S/C18H15N3O8S2.Na/c1-10(22)19-14-9-13(30(24,25)26)7-11-8-15(31(27,28)29)17(18(23)16(11)14)21-20-12-5-3-2-4-6-12;/h2-9,23H,1H3,(H,19,22)(H,24,25,26)(H,27,28,29);. The number of benzene rings is 3. The number of anilines is 1. The minimum Gasteiger partial charge on any atom is -0.505 e. The summed E-state index contributed by atoms with van der Waals surface area (Å²) in [6.07, 6.45) is 0. The maximum atomic E-state index is 11.9. The number of rotatable bonds is 5. The van der Waals surface area contributed by atoms with Crippen molar-refractivity contribution in [1.82, 2.24) is 0 Å². The van der Waals surface area contributed by atoms with Gasteiger partial charge in [0.05, 0.1) is 16.3 Å². The Morgan fingerprint density at radius 2 is 1.56 bits per heavy atom. The molecule has 4 N–H and O–H groups in total. The number of hydrogen-bond acceptors (Lipinski definition) is 8. The number of phenolic OH excluding ortho intramolecular Hbond substituents is 1. The SMILES string of the molecule is CC(=O)Nc1cc(S(=O)(=O)O)cc2cc(S(=O)(=O)O)c(N=Nc3ccccc3)c(O)c12.[Na]. The second-order valence-electron chi connectivity index (χ2n) is 6.31. The molecule has 0 unspecified atom stereocenters. The molecule has 14 heteroatoms. The van der Waals surface area contributed by atoms with Gasteiger partial charge in [0.1, 0.15) is 10.6 Å². The Balaban J connectivity index is 0.00000363. The number of azo groups is 1. The molecule has 0 aliphatic carbocycles. The number of nitrogens with one attached hydrogen (secondary N) is 1. The van der Waals surface area contributed by atoms with Crippen LogP contribution in [0.2, 0.25) is 0 Å². The Morgan fingerprint density at radius 1 is 0.938 bits per heavy atom. The minimum absolute atomic E-state index is 0. The minimum atomic E-state index is -4.95. The van der Waals surface area contributed by atoms with Gasteiger partial charge in [0.2, 0.25) is 5.91 Å². The van der Waals surface area contributed by atoms with E-state index in [0.717, 1.165) is 25.1 Å². The monoisotopic (exact) mass is 488 g/mol. The Labute approximate surface area is 205 Å². The molecule has 3 aromatic rings. The largest absolute Gasteiger partial charge is 0.505 e. The van der Waals surface area contributed by atoms with E-state index in [1.54, 1.807) is 30.3 Å². The number of phenols is 1. The zero-order chi connectivity index (χ0) is 23.0. The van der Waals surface area contributed by atoms with E-state index in [0.29, 0.717) is 5.69 Å². The molecule has 163 valence electrons. The van der Waals surface area contributed by atoms with Gasteiger partial charge in [-0.05, 0) is 35.7 Å². The number of nitrogens with zero attached hydrogens (tertiary/aromatic N) is 2. The van der Waals surface area contributed by atoms with Crippen molar-refractivity contribution in [2.24, 2.45) is 10.2 Å². The molecule has 0 bridgehead atoms. The van der Waals surface area contributed by atoms with E-state index in [4.69, 9.17) is 0 Å². The first kappa shape index (κ1) is 25.9. The van der Waals surface area contributed by atoms with Crippen LogP contribution in [0, 0.1) is 0 Å². The summed E-state index contributed by atoms with van der Waals surface area (Å²) >= 11 is 0. The van der Waals surface area contributed by atoms with E-state index in [9.17, 15) is 35.8 Å². The molecule has 32 heavy (non-hydrogen) atoms. The van der Waals surface area contributed by atoms with Gasteiger partial charge in [0.25, 0.3) is 20.2 Å². The molecule has 0 atom stereocenters. The quantitative estimate of drug-likeness (QED) is 0.240. The predicted octanol–water partition coefficient (Wildman–Crippen LogP) is 3.03. The van der Waals surface area contributed by atoms with Gasteiger partial charge >= 0.3 is 0 Å².